The Kier molecular flexibility index (Phi) is 2.45. The fraction of sp³-hybridized carbons (Fsp3) is 0. The normalized spacial score (nSPS) is 10.4. The average molecular weight is 238 g/mol. The van der Waals surface area contributed by atoms with Crippen LogP contribution in [0.25, 0.3) is 17.2 Å². The van der Waals surface area contributed by atoms with Crippen molar-refractivity contribution in [2.24, 2.45) is 0 Å². The van der Waals surface area contributed by atoms with Crippen LogP contribution < -0.4 is 5.73 Å². The number of benzene rings is 1. The summed E-state index contributed by atoms with van der Waals surface area (Å²) in [5.41, 5.74) is 7.29. The molecule has 0 radical (unpaired) electrons. The van der Waals surface area contributed by atoms with Gasteiger partial charge in [-0.25, -0.2) is 14.6 Å². The minimum Gasteiger partial charge on any atom is -0.399 e. The van der Waals surface area contributed by atoms with Gasteiger partial charge < -0.3 is 5.73 Å². The third kappa shape index (κ3) is 1.91. The highest BCUT2D eigenvalue weighted by Crippen LogP contribution is 2.17. The summed E-state index contributed by atoms with van der Waals surface area (Å²) < 4.78 is 1.57. The number of rotatable bonds is 2. The molecule has 3 rings (SSSR count). The number of hydrogen-bond donors (Lipinski definition) is 1. The van der Waals surface area contributed by atoms with E-state index in [4.69, 9.17) is 5.73 Å². The van der Waals surface area contributed by atoms with Crippen LogP contribution in [0.4, 0.5) is 5.69 Å². The Balaban J connectivity index is 2.00. The van der Waals surface area contributed by atoms with Crippen LogP contribution in [0.3, 0.4) is 0 Å². The molecule has 0 spiro atoms. The predicted octanol–water partition coefficient (Wildman–Crippen LogP) is 1.31. The maximum Gasteiger partial charge on any atom is 0.181 e. The molecule has 88 valence electrons. The molecule has 0 saturated heterocycles. The highest BCUT2D eigenvalue weighted by molar-refractivity contribution is 5.60. The summed E-state index contributed by atoms with van der Waals surface area (Å²) in [5, 5.41) is 4.34. The van der Waals surface area contributed by atoms with Crippen LogP contribution in [-0.2, 0) is 0 Å². The first-order valence-corrected chi connectivity index (χ1v) is 5.37. The van der Waals surface area contributed by atoms with Crippen molar-refractivity contribution in [3.8, 4) is 17.2 Å². The summed E-state index contributed by atoms with van der Waals surface area (Å²) in [6, 6.07) is 7.43. The Morgan fingerprint density at radius 3 is 2.83 bits per heavy atom. The molecule has 2 heterocycles. The molecule has 6 heteroatoms. The van der Waals surface area contributed by atoms with E-state index in [2.05, 4.69) is 20.1 Å². The molecule has 0 aliphatic carbocycles. The van der Waals surface area contributed by atoms with E-state index in [0.717, 1.165) is 5.56 Å². The Morgan fingerprint density at radius 2 is 2.06 bits per heavy atom. The molecule has 0 bridgehead atoms. The van der Waals surface area contributed by atoms with E-state index < -0.39 is 0 Å². The first kappa shape index (κ1) is 10.4. The van der Waals surface area contributed by atoms with Crippen molar-refractivity contribution in [1.29, 1.82) is 0 Å². The molecule has 0 fully saturated rings. The molecule has 0 atom stereocenters. The Labute approximate surface area is 103 Å². The Hall–Kier alpha value is -2.76. The average Bonchev–Trinajstić information content (AvgIpc) is 2.89. The van der Waals surface area contributed by atoms with Gasteiger partial charge in [0.25, 0.3) is 0 Å². The Bertz CT molecular complexity index is 661. The zero-order valence-electron chi connectivity index (χ0n) is 9.43. The van der Waals surface area contributed by atoms with E-state index in [0.29, 0.717) is 17.3 Å². The lowest BCUT2D eigenvalue weighted by molar-refractivity contribution is 0.839. The van der Waals surface area contributed by atoms with Crippen LogP contribution in [0, 0.1) is 0 Å². The monoisotopic (exact) mass is 238 g/mol. The number of aromatic nitrogens is 5. The maximum atomic E-state index is 5.73. The molecule has 0 amide bonds. The van der Waals surface area contributed by atoms with Crippen LogP contribution in [0.1, 0.15) is 0 Å². The first-order chi connectivity index (χ1) is 8.83. The summed E-state index contributed by atoms with van der Waals surface area (Å²) >= 11 is 0. The van der Waals surface area contributed by atoms with E-state index in [1.54, 1.807) is 29.6 Å². The number of anilines is 1. The molecule has 0 unspecified atom stereocenters. The minimum atomic E-state index is 0.605. The van der Waals surface area contributed by atoms with Gasteiger partial charge in [-0.2, -0.15) is 0 Å². The van der Waals surface area contributed by atoms with Gasteiger partial charge in [0.15, 0.2) is 11.6 Å². The SMILES string of the molecule is Nc1cccc(-c2ncn(-c3cnccn3)n2)c1. The van der Waals surface area contributed by atoms with Crippen molar-refractivity contribution in [2.75, 3.05) is 5.73 Å². The molecule has 6 nitrogen and oxygen atoms in total. The zero-order valence-corrected chi connectivity index (χ0v) is 9.43. The van der Waals surface area contributed by atoms with Gasteiger partial charge in [-0.05, 0) is 12.1 Å². The lowest BCUT2D eigenvalue weighted by Gasteiger charge is -1.98. The van der Waals surface area contributed by atoms with Gasteiger partial charge in [-0.3, -0.25) is 4.98 Å². The zero-order chi connectivity index (χ0) is 12.4. The molecule has 3 aromatic rings. The van der Waals surface area contributed by atoms with E-state index in [1.807, 2.05) is 24.3 Å². The van der Waals surface area contributed by atoms with Gasteiger partial charge in [0.1, 0.15) is 6.33 Å². The molecule has 1 aromatic carbocycles. The topological polar surface area (TPSA) is 82.5 Å². The molecule has 0 saturated carbocycles. The van der Waals surface area contributed by atoms with E-state index in [1.165, 1.54) is 0 Å². The standard InChI is InChI=1S/C12H10N6/c13-10-3-1-2-9(6-10)12-16-8-18(17-12)11-7-14-4-5-15-11/h1-8H,13H2. The van der Waals surface area contributed by atoms with Crippen molar-refractivity contribution < 1.29 is 0 Å². The minimum absolute atomic E-state index is 0.605. The third-order valence-electron chi connectivity index (χ3n) is 2.42. The number of nitrogens with zero attached hydrogens (tertiary/aromatic N) is 5. The van der Waals surface area contributed by atoms with Crippen molar-refractivity contribution in [3.05, 3.63) is 49.2 Å². The smallest absolute Gasteiger partial charge is 0.181 e. The summed E-state index contributed by atoms with van der Waals surface area (Å²) in [6.07, 6.45) is 6.44. The number of hydrogen-bond acceptors (Lipinski definition) is 5. The van der Waals surface area contributed by atoms with Gasteiger partial charge in [0, 0.05) is 23.6 Å². The molecular weight excluding hydrogens is 228 g/mol. The summed E-state index contributed by atoms with van der Waals surface area (Å²) in [4.78, 5) is 12.4. The fourth-order valence-corrected chi connectivity index (χ4v) is 1.59. The van der Waals surface area contributed by atoms with Crippen LogP contribution in [0.5, 0.6) is 0 Å². The van der Waals surface area contributed by atoms with Gasteiger partial charge in [0.05, 0.1) is 6.20 Å². The lowest BCUT2D eigenvalue weighted by Crippen LogP contribution is -1.98. The highest BCUT2D eigenvalue weighted by atomic mass is 15.4. The van der Waals surface area contributed by atoms with Crippen LogP contribution in [-0.4, -0.2) is 24.7 Å². The second kappa shape index (κ2) is 4.25. The van der Waals surface area contributed by atoms with Crippen LogP contribution >= 0.6 is 0 Å². The second-order valence-corrected chi connectivity index (χ2v) is 3.70. The third-order valence-corrected chi connectivity index (χ3v) is 2.42. The first-order valence-electron chi connectivity index (χ1n) is 5.37. The van der Waals surface area contributed by atoms with E-state index >= 15 is 0 Å². The van der Waals surface area contributed by atoms with Gasteiger partial charge in [-0.15, -0.1) is 5.10 Å². The van der Waals surface area contributed by atoms with E-state index in [9.17, 15) is 0 Å². The van der Waals surface area contributed by atoms with Crippen LogP contribution in [0.2, 0.25) is 0 Å². The molecule has 18 heavy (non-hydrogen) atoms. The molecule has 2 N–H and O–H groups in total. The lowest BCUT2D eigenvalue weighted by atomic mass is 10.2. The van der Waals surface area contributed by atoms with Crippen LogP contribution in [0.15, 0.2) is 49.2 Å². The molecule has 2 aromatic heterocycles. The maximum absolute atomic E-state index is 5.73. The predicted molar refractivity (Wildman–Crippen MR) is 66.8 cm³/mol. The van der Waals surface area contributed by atoms with Crippen molar-refractivity contribution in [2.45, 2.75) is 0 Å². The quantitative estimate of drug-likeness (QED) is 0.680. The molecule has 0 aliphatic rings. The van der Waals surface area contributed by atoms with Crippen molar-refractivity contribution in [3.63, 3.8) is 0 Å². The highest BCUT2D eigenvalue weighted by Gasteiger charge is 2.06. The van der Waals surface area contributed by atoms with Gasteiger partial charge >= 0.3 is 0 Å². The number of nitrogen functional groups attached to an aromatic ring is 1. The number of nitrogens with two attached hydrogens (primary N) is 1. The van der Waals surface area contributed by atoms with E-state index in [-0.39, 0.29) is 0 Å². The molecular formula is C12H10N6. The Morgan fingerprint density at radius 1 is 1.11 bits per heavy atom. The van der Waals surface area contributed by atoms with Crippen molar-refractivity contribution >= 4 is 5.69 Å². The van der Waals surface area contributed by atoms with Crippen molar-refractivity contribution in [1.82, 2.24) is 24.7 Å². The van der Waals surface area contributed by atoms with Gasteiger partial charge in [0.2, 0.25) is 0 Å². The summed E-state index contributed by atoms with van der Waals surface area (Å²) in [6.45, 7) is 0. The second-order valence-electron chi connectivity index (χ2n) is 3.70. The summed E-state index contributed by atoms with van der Waals surface area (Å²) in [7, 11) is 0. The van der Waals surface area contributed by atoms with Gasteiger partial charge in [-0.1, -0.05) is 12.1 Å². The fourth-order valence-electron chi connectivity index (χ4n) is 1.59. The summed E-state index contributed by atoms with van der Waals surface area (Å²) in [5.74, 6) is 1.23. The largest absolute Gasteiger partial charge is 0.399 e. The molecule has 0 aliphatic heterocycles.